The van der Waals surface area contributed by atoms with Gasteiger partial charge in [-0.1, -0.05) is 19.0 Å². The largest absolute Gasteiger partial charge is 0.479 e. The summed E-state index contributed by atoms with van der Waals surface area (Å²) in [4.78, 5) is 10.9. The number of carboxylic acid groups (broad SMARTS) is 1. The summed E-state index contributed by atoms with van der Waals surface area (Å²) >= 11 is 0. The second-order valence-electron chi connectivity index (χ2n) is 3.56. The van der Waals surface area contributed by atoms with Crippen molar-refractivity contribution < 1.29 is 19.2 Å². The zero-order valence-corrected chi connectivity index (χ0v) is 8.35. The number of aromatic nitrogens is 1. The highest BCUT2D eigenvalue weighted by Gasteiger charge is 2.39. The van der Waals surface area contributed by atoms with E-state index in [9.17, 15) is 4.79 Å². The maximum absolute atomic E-state index is 10.9. The number of methoxy groups -OCH3 is 1. The summed E-state index contributed by atoms with van der Waals surface area (Å²) in [5.41, 5.74) is -0.153. The topological polar surface area (TPSA) is 72.6 Å². The summed E-state index contributed by atoms with van der Waals surface area (Å²) in [5, 5.41) is 12.6. The van der Waals surface area contributed by atoms with E-state index in [-0.39, 0.29) is 0 Å². The number of carbonyl (C=O) groups is 1. The molecule has 78 valence electrons. The van der Waals surface area contributed by atoms with Crippen LogP contribution >= 0.6 is 0 Å². The van der Waals surface area contributed by atoms with Gasteiger partial charge in [0.25, 0.3) is 0 Å². The highest BCUT2D eigenvalue weighted by Crippen LogP contribution is 2.27. The third kappa shape index (κ3) is 1.77. The number of aliphatic carboxylic acids is 1. The summed E-state index contributed by atoms with van der Waals surface area (Å²) in [6.45, 7) is 3.49. The zero-order chi connectivity index (χ0) is 10.8. The minimum absolute atomic E-state index is 0.562. The first-order valence-electron chi connectivity index (χ1n) is 4.16. The molecular formula is C9H13NO4. The van der Waals surface area contributed by atoms with Crippen LogP contribution in [0.25, 0.3) is 0 Å². The first-order valence-corrected chi connectivity index (χ1v) is 4.16. The fourth-order valence-electron chi connectivity index (χ4n) is 1.38. The normalized spacial score (nSPS) is 13.9. The molecule has 0 saturated heterocycles. The number of carboxylic acids is 1. The van der Waals surface area contributed by atoms with Crippen LogP contribution in [0.2, 0.25) is 0 Å². The number of hydrogen-bond donors (Lipinski definition) is 1. The molecule has 0 aromatic carbocycles. The molecule has 0 radical (unpaired) electrons. The lowest BCUT2D eigenvalue weighted by atomic mass is 9.83. The van der Waals surface area contributed by atoms with Gasteiger partial charge in [-0.05, 0) is 0 Å². The van der Waals surface area contributed by atoms with Crippen molar-refractivity contribution in [2.45, 2.75) is 25.4 Å². The van der Waals surface area contributed by atoms with Gasteiger partial charge >= 0.3 is 5.97 Å². The molecule has 0 spiro atoms. The molecule has 1 heterocycles. The Bertz CT molecular complexity index is 305. The van der Waals surface area contributed by atoms with Gasteiger partial charge < -0.3 is 14.4 Å². The van der Waals surface area contributed by atoms with Crippen molar-refractivity contribution in [3.8, 4) is 0 Å². The molecule has 1 rings (SSSR count). The lowest BCUT2D eigenvalue weighted by molar-refractivity contribution is -0.152. The molecule has 0 aliphatic carbocycles. The van der Waals surface area contributed by atoms with Crippen LogP contribution in [0.3, 0.4) is 0 Å². The van der Waals surface area contributed by atoms with Crippen molar-refractivity contribution in [1.82, 2.24) is 5.16 Å². The Kier molecular flexibility index (Phi) is 2.90. The van der Waals surface area contributed by atoms with Crippen LogP contribution in [0.1, 0.15) is 19.5 Å². The Morgan fingerprint density at radius 1 is 1.71 bits per heavy atom. The molecule has 0 aliphatic heterocycles. The van der Waals surface area contributed by atoms with Gasteiger partial charge in [0.15, 0.2) is 6.10 Å². The van der Waals surface area contributed by atoms with Crippen molar-refractivity contribution in [2.24, 2.45) is 0 Å². The molecule has 0 saturated carbocycles. The Hall–Kier alpha value is -1.36. The number of rotatable bonds is 4. The first-order chi connectivity index (χ1) is 6.50. The van der Waals surface area contributed by atoms with E-state index in [0.29, 0.717) is 5.69 Å². The van der Waals surface area contributed by atoms with Gasteiger partial charge in [-0.15, -0.1) is 0 Å². The summed E-state index contributed by atoms with van der Waals surface area (Å²) in [5.74, 6) is -1.01. The molecular weight excluding hydrogens is 186 g/mol. The van der Waals surface area contributed by atoms with Gasteiger partial charge in [0, 0.05) is 18.6 Å². The van der Waals surface area contributed by atoms with Gasteiger partial charge in [-0.25, -0.2) is 4.79 Å². The molecule has 14 heavy (non-hydrogen) atoms. The van der Waals surface area contributed by atoms with Crippen molar-refractivity contribution in [2.75, 3.05) is 7.11 Å². The molecule has 0 fully saturated rings. The molecule has 0 bridgehead atoms. The third-order valence-electron chi connectivity index (χ3n) is 2.21. The Balaban J connectivity index is 2.99. The molecule has 1 aromatic heterocycles. The van der Waals surface area contributed by atoms with Crippen LogP contribution in [-0.2, 0) is 14.9 Å². The Morgan fingerprint density at radius 2 is 2.36 bits per heavy atom. The second-order valence-corrected chi connectivity index (χ2v) is 3.56. The van der Waals surface area contributed by atoms with E-state index in [4.69, 9.17) is 9.84 Å². The lowest BCUT2D eigenvalue weighted by Gasteiger charge is -2.27. The van der Waals surface area contributed by atoms with E-state index in [1.54, 1.807) is 19.9 Å². The maximum atomic E-state index is 10.9. The number of hydrogen-bond acceptors (Lipinski definition) is 4. The van der Waals surface area contributed by atoms with Gasteiger partial charge in [0.05, 0.1) is 5.69 Å². The average Bonchev–Trinajstić information content (AvgIpc) is 2.55. The molecule has 0 amide bonds. The highest BCUT2D eigenvalue weighted by atomic mass is 16.5. The number of nitrogens with zero attached hydrogens (tertiary/aromatic N) is 1. The molecule has 0 aliphatic rings. The van der Waals surface area contributed by atoms with E-state index in [0.717, 1.165) is 0 Å². The van der Waals surface area contributed by atoms with Crippen LogP contribution in [0, 0.1) is 0 Å². The molecule has 1 aromatic rings. The molecule has 5 nitrogen and oxygen atoms in total. The highest BCUT2D eigenvalue weighted by molar-refractivity contribution is 5.74. The minimum Gasteiger partial charge on any atom is -0.479 e. The average molecular weight is 199 g/mol. The third-order valence-corrected chi connectivity index (χ3v) is 2.21. The smallest absolute Gasteiger partial charge is 0.333 e. The molecule has 5 heteroatoms. The van der Waals surface area contributed by atoms with Crippen molar-refractivity contribution >= 4 is 5.97 Å². The SMILES string of the molecule is COC(C(=O)O)C(C)(C)c1ccon1. The van der Waals surface area contributed by atoms with Crippen LogP contribution in [0.5, 0.6) is 0 Å². The van der Waals surface area contributed by atoms with E-state index in [2.05, 4.69) is 9.68 Å². The van der Waals surface area contributed by atoms with Crippen LogP contribution in [0.15, 0.2) is 16.9 Å². The van der Waals surface area contributed by atoms with Crippen molar-refractivity contribution in [3.63, 3.8) is 0 Å². The van der Waals surface area contributed by atoms with Gasteiger partial charge in [-0.2, -0.15) is 0 Å². The standard InChI is InChI=1S/C9H13NO4/c1-9(2,6-4-5-14-10-6)7(13-3)8(11)12/h4-5,7H,1-3H3,(H,11,12). The molecule has 1 N–H and O–H groups in total. The van der Waals surface area contributed by atoms with Gasteiger partial charge in [-0.3, -0.25) is 0 Å². The van der Waals surface area contributed by atoms with E-state index in [1.807, 2.05) is 0 Å². The predicted molar refractivity (Wildman–Crippen MR) is 48.0 cm³/mol. The van der Waals surface area contributed by atoms with Crippen LogP contribution in [-0.4, -0.2) is 29.4 Å². The summed E-state index contributed by atoms with van der Waals surface area (Å²) in [7, 11) is 1.36. The van der Waals surface area contributed by atoms with Crippen LogP contribution < -0.4 is 0 Å². The maximum Gasteiger partial charge on any atom is 0.333 e. The lowest BCUT2D eigenvalue weighted by Crippen LogP contribution is -2.41. The summed E-state index contributed by atoms with van der Waals surface area (Å²) in [6, 6.07) is 1.63. The summed E-state index contributed by atoms with van der Waals surface area (Å²) in [6.07, 6.45) is 0.471. The zero-order valence-electron chi connectivity index (χ0n) is 8.35. The number of ether oxygens (including phenoxy) is 1. The Morgan fingerprint density at radius 3 is 2.71 bits per heavy atom. The molecule has 1 atom stereocenters. The predicted octanol–water partition coefficient (Wildman–Crippen LogP) is 1.05. The quantitative estimate of drug-likeness (QED) is 0.784. The van der Waals surface area contributed by atoms with Crippen molar-refractivity contribution in [1.29, 1.82) is 0 Å². The minimum atomic E-state index is -1.01. The van der Waals surface area contributed by atoms with E-state index >= 15 is 0 Å². The van der Waals surface area contributed by atoms with E-state index in [1.165, 1.54) is 13.4 Å². The Labute approximate surface area is 81.7 Å². The molecule has 1 unspecified atom stereocenters. The fraction of sp³-hybridized carbons (Fsp3) is 0.556. The monoisotopic (exact) mass is 199 g/mol. The van der Waals surface area contributed by atoms with Crippen LogP contribution in [0.4, 0.5) is 0 Å². The second kappa shape index (κ2) is 3.79. The van der Waals surface area contributed by atoms with Gasteiger partial charge in [0.2, 0.25) is 0 Å². The van der Waals surface area contributed by atoms with Gasteiger partial charge in [0.1, 0.15) is 6.26 Å². The summed E-state index contributed by atoms with van der Waals surface area (Å²) < 4.78 is 9.60. The first kappa shape index (κ1) is 10.7. The van der Waals surface area contributed by atoms with E-state index < -0.39 is 17.5 Å². The van der Waals surface area contributed by atoms with Crippen molar-refractivity contribution in [3.05, 3.63) is 18.0 Å². The fourth-order valence-corrected chi connectivity index (χ4v) is 1.38.